The zero-order valence-electron chi connectivity index (χ0n) is 15.3. The standard InChI is InChI=1S/C19H20F2N2O5/c1-11-4-2-3-7-19(11)17(26)23(18(27)22-19)9-16(25)28-10-15(24)13-8-12(20)5-6-14(13)21/h5-6,8,11H,2-4,7,9-10H2,1H3,(H,22,27)/t11-,19+/m1/s1. The van der Waals surface area contributed by atoms with Crippen molar-refractivity contribution in [1.29, 1.82) is 0 Å². The van der Waals surface area contributed by atoms with Crippen molar-refractivity contribution in [3.63, 3.8) is 0 Å². The summed E-state index contributed by atoms with van der Waals surface area (Å²) >= 11 is 0. The molecule has 7 nitrogen and oxygen atoms in total. The van der Waals surface area contributed by atoms with Crippen LogP contribution in [0.3, 0.4) is 0 Å². The van der Waals surface area contributed by atoms with Crippen molar-refractivity contribution in [2.24, 2.45) is 5.92 Å². The predicted molar refractivity (Wildman–Crippen MR) is 92.3 cm³/mol. The second kappa shape index (κ2) is 7.65. The summed E-state index contributed by atoms with van der Waals surface area (Å²) in [5, 5.41) is 2.70. The van der Waals surface area contributed by atoms with Gasteiger partial charge in [-0.15, -0.1) is 0 Å². The van der Waals surface area contributed by atoms with Crippen LogP contribution in [0, 0.1) is 17.6 Å². The van der Waals surface area contributed by atoms with Crippen LogP contribution in [0.15, 0.2) is 18.2 Å². The molecule has 9 heteroatoms. The van der Waals surface area contributed by atoms with Crippen LogP contribution in [-0.2, 0) is 14.3 Å². The molecule has 1 heterocycles. The Morgan fingerprint density at radius 2 is 2.04 bits per heavy atom. The molecule has 1 aliphatic heterocycles. The number of hydrogen-bond donors (Lipinski definition) is 1. The normalized spacial score (nSPS) is 24.4. The van der Waals surface area contributed by atoms with E-state index in [0.29, 0.717) is 12.5 Å². The molecular formula is C19H20F2N2O5. The molecule has 2 atom stereocenters. The van der Waals surface area contributed by atoms with Gasteiger partial charge in [-0.1, -0.05) is 19.8 Å². The summed E-state index contributed by atoms with van der Waals surface area (Å²) in [6, 6.07) is 1.68. The molecule has 1 saturated heterocycles. The smallest absolute Gasteiger partial charge is 0.326 e. The number of ether oxygens (including phenoxy) is 1. The molecule has 1 N–H and O–H groups in total. The van der Waals surface area contributed by atoms with E-state index in [9.17, 15) is 28.0 Å². The van der Waals surface area contributed by atoms with E-state index in [1.54, 1.807) is 0 Å². The molecule has 1 aromatic rings. The topological polar surface area (TPSA) is 92.8 Å². The lowest BCUT2D eigenvalue weighted by molar-refractivity contribution is -0.147. The Morgan fingerprint density at radius 3 is 2.75 bits per heavy atom. The number of halogens is 2. The van der Waals surface area contributed by atoms with E-state index in [4.69, 9.17) is 4.74 Å². The number of benzene rings is 1. The first-order valence-corrected chi connectivity index (χ1v) is 9.02. The van der Waals surface area contributed by atoms with Gasteiger partial charge < -0.3 is 10.1 Å². The van der Waals surface area contributed by atoms with E-state index in [1.807, 2.05) is 6.92 Å². The van der Waals surface area contributed by atoms with Gasteiger partial charge in [-0.3, -0.25) is 19.3 Å². The first kappa shape index (κ1) is 19.9. The van der Waals surface area contributed by atoms with E-state index in [1.165, 1.54) is 0 Å². The highest BCUT2D eigenvalue weighted by molar-refractivity contribution is 6.09. The number of urea groups is 1. The predicted octanol–water partition coefficient (Wildman–Crippen LogP) is 2.19. The summed E-state index contributed by atoms with van der Waals surface area (Å²) in [5.41, 5.74) is -1.55. The van der Waals surface area contributed by atoms with Gasteiger partial charge in [0.1, 0.15) is 23.7 Å². The van der Waals surface area contributed by atoms with Crippen molar-refractivity contribution >= 4 is 23.7 Å². The molecule has 1 spiro atoms. The summed E-state index contributed by atoms with van der Waals surface area (Å²) in [6.07, 6.45) is 3.05. The van der Waals surface area contributed by atoms with Crippen LogP contribution >= 0.6 is 0 Å². The molecule has 2 aliphatic rings. The van der Waals surface area contributed by atoms with Gasteiger partial charge in [0.15, 0.2) is 6.61 Å². The maximum Gasteiger partial charge on any atom is 0.326 e. The molecule has 0 aromatic heterocycles. The van der Waals surface area contributed by atoms with Crippen molar-refractivity contribution in [1.82, 2.24) is 10.2 Å². The second-order valence-electron chi connectivity index (χ2n) is 7.15. The maximum absolute atomic E-state index is 13.6. The third-order valence-electron chi connectivity index (χ3n) is 5.38. The van der Waals surface area contributed by atoms with Crippen LogP contribution in [0.2, 0.25) is 0 Å². The molecule has 1 aliphatic carbocycles. The number of carbonyl (C=O) groups excluding carboxylic acids is 4. The number of Topliss-reactive ketones (excluding diaryl/α,β-unsaturated/α-hetero) is 1. The SMILES string of the molecule is C[C@@H]1CCCC[C@]12NC(=O)N(CC(=O)OCC(=O)c1cc(F)ccc1F)C2=O. The molecule has 0 unspecified atom stereocenters. The van der Waals surface area contributed by atoms with Gasteiger partial charge in [0.25, 0.3) is 5.91 Å². The minimum atomic E-state index is -1.00. The number of ketones is 1. The van der Waals surface area contributed by atoms with Gasteiger partial charge in [-0.25, -0.2) is 13.6 Å². The summed E-state index contributed by atoms with van der Waals surface area (Å²) < 4.78 is 31.5. The third kappa shape index (κ3) is 3.61. The summed E-state index contributed by atoms with van der Waals surface area (Å²) in [6.45, 7) is 0.397. The quantitative estimate of drug-likeness (QED) is 0.470. The fourth-order valence-corrected chi connectivity index (χ4v) is 3.75. The fourth-order valence-electron chi connectivity index (χ4n) is 3.75. The number of nitrogens with zero attached hydrogens (tertiary/aromatic N) is 1. The highest BCUT2D eigenvalue weighted by Gasteiger charge is 2.55. The first-order valence-electron chi connectivity index (χ1n) is 9.02. The van der Waals surface area contributed by atoms with Crippen molar-refractivity contribution in [2.45, 2.75) is 38.1 Å². The molecule has 3 amide bonds. The Morgan fingerprint density at radius 1 is 1.29 bits per heavy atom. The average molecular weight is 394 g/mol. The molecule has 0 bridgehead atoms. The van der Waals surface area contributed by atoms with Crippen LogP contribution in [0.4, 0.5) is 13.6 Å². The summed E-state index contributed by atoms with van der Waals surface area (Å²) in [7, 11) is 0. The second-order valence-corrected chi connectivity index (χ2v) is 7.15. The highest BCUT2D eigenvalue weighted by Crippen LogP contribution is 2.38. The Bertz CT molecular complexity index is 844. The van der Waals surface area contributed by atoms with Crippen LogP contribution in [0.1, 0.15) is 43.0 Å². The zero-order chi connectivity index (χ0) is 20.5. The van der Waals surface area contributed by atoms with E-state index in [-0.39, 0.29) is 5.92 Å². The molecule has 2 fully saturated rings. The third-order valence-corrected chi connectivity index (χ3v) is 5.38. The lowest BCUT2D eigenvalue weighted by Gasteiger charge is -2.36. The fraction of sp³-hybridized carbons (Fsp3) is 0.474. The summed E-state index contributed by atoms with van der Waals surface area (Å²) in [5.74, 6) is -4.21. The molecule has 1 aromatic carbocycles. The first-order chi connectivity index (χ1) is 13.2. The molecule has 28 heavy (non-hydrogen) atoms. The van der Waals surface area contributed by atoms with Crippen molar-refractivity contribution in [2.75, 3.05) is 13.2 Å². The Balaban J connectivity index is 1.60. The van der Waals surface area contributed by atoms with Gasteiger partial charge in [0, 0.05) is 0 Å². The molecule has 150 valence electrons. The highest BCUT2D eigenvalue weighted by atomic mass is 19.1. The van der Waals surface area contributed by atoms with Crippen molar-refractivity contribution in [3.8, 4) is 0 Å². The Labute approximate surface area is 160 Å². The number of esters is 1. The van der Waals surface area contributed by atoms with E-state index < -0.39 is 59.6 Å². The zero-order valence-corrected chi connectivity index (χ0v) is 15.3. The minimum absolute atomic E-state index is 0.0590. The molecular weight excluding hydrogens is 374 g/mol. The van der Waals surface area contributed by atoms with E-state index in [2.05, 4.69) is 5.32 Å². The van der Waals surface area contributed by atoms with Crippen LogP contribution in [0.5, 0.6) is 0 Å². The number of imide groups is 1. The summed E-state index contributed by atoms with van der Waals surface area (Å²) in [4.78, 5) is 49.7. The monoisotopic (exact) mass is 394 g/mol. The van der Waals surface area contributed by atoms with Gasteiger partial charge in [0.05, 0.1) is 5.56 Å². The number of rotatable bonds is 5. The number of carbonyl (C=O) groups is 4. The van der Waals surface area contributed by atoms with Gasteiger partial charge in [-0.2, -0.15) is 0 Å². The maximum atomic E-state index is 13.6. The van der Waals surface area contributed by atoms with Crippen LogP contribution in [-0.4, -0.2) is 47.3 Å². The number of amides is 3. The van der Waals surface area contributed by atoms with Crippen molar-refractivity contribution < 1.29 is 32.7 Å². The minimum Gasteiger partial charge on any atom is -0.456 e. The largest absolute Gasteiger partial charge is 0.456 e. The number of nitrogens with one attached hydrogen (secondary N) is 1. The lowest BCUT2D eigenvalue weighted by Crippen LogP contribution is -2.54. The van der Waals surface area contributed by atoms with E-state index in [0.717, 1.165) is 36.3 Å². The lowest BCUT2D eigenvalue weighted by atomic mass is 9.73. The average Bonchev–Trinajstić information content (AvgIpc) is 2.89. The van der Waals surface area contributed by atoms with Gasteiger partial charge in [0.2, 0.25) is 5.78 Å². The molecule has 3 rings (SSSR count). The van der Waals surface area contributed by atoms with Crippen molar-refractivity contribution in [3.05, 3.63) is 35.4 Å². The Hall–Kier alpha value is -2.84. The van der Waals surface area contributed by atoms with Crippen LogP contribution in [0.25, 0.3) is 0 Å². The molecule has 0 radical (unpaired) electrons. The van der Waals surface area contributed by atoms with Crippen LogP contribution < -0.4 is 5.32 Å². The Kier molecular flexibility index (Phi) is 5.44. The van der Waals surface area contributed by atoms with E-state index >= 15 is 0 Å². The molecule has 1 saturated carbocycles. The van der Waals surface area contributed by atoms with Gasteiger partial charge in [-0.05, 0) is 37.0 Å². The number of hydrogen-bond acceptors (Lipinski definition) is 5. The van der Waals surface area contributed by atoms with Gasteiger partial charge >= 0.3 is 12.0 Å².